The lowest BCUT2D eigenvalue weighted by atomic mass is 10.0. The fourth-order valence-electron chi connectivity index (χ4n) is 3.76. The molecule has 0 radical (unpaired) electrons. The van der Waals surface area contributed by atoms with Crippen LogP contribution in [-0.4, -0.2) is 36.2 Å². The van der Waals surface area contributed by atoms with E-state index >= 15 is 0 Å². The molecule has 0 atom stereocenters. The largest absolute Gasteiger partial charge is 0.417 e. The molecule has 1 saturated heterocycles. The maximum absolute atomic E-state index is 13.5. The van der Waals surface area contributed by atoms with Crippen LogP contribution < -0.4 is 4.90 Å². The number of carbonyl (C=O) groups is 1. The molecule has 3 aromatic rings. The van der Waals surface area contributed by atoms with Crippen LogP contribution >= 0.6 is 12.2 Å². The van der Waals surface area contributed by atoms with Crippen molar-refractivity contribution in [2.24, 2.45) is 7.05 Å². The number of halogens is 3. The van der Waals surface area contributed by atoms with Gasteiger partial charge in [-0.05, 0) is 55.9 Å². The van der Waals surface area contributed by atoms with Gasteiger partial charge in [-0.25, -0.2) is 0 Å². The summed E-state index contributed by atoms with van der Waals surface area (Å²) in [6.07, 6.45) is 0.452. The molecule has 1 aliphatic rings. The first-order valence-electron chi connectivity index (χ1n) is 10.1. The van der Waals surface area contributed by atoms with Crippen molar-refractivity contribution in [3.8, 4) is 17.3 Å². The van der Waals surface area contributed by atoms with Crippen molar-refractivity contribution in [2.75, 3.05) is 4.90 Å². The zero-order chi connectivity index (χ0) is 24.8. The molecule has 0 aliphatic carbocycles. The Kier molecular flexibility index (Phi) is 5.65. The Bertz CT molecular complexity index is 1320. The van der Waals surface area contributed by atoms with E-state index in [0.717, 1.165) is 33.9 Å². The van der Waals surface area contributed by atoms with Crippen molar-refractivity contribution in [2.45, 2.75) is 32.1 Å². The molecule has 34 heavy (non-hydrogen) atoms. The van der Waals surface area contributed by atoms with E-state index in [9.17, 15) is 18.0 Å². The van der Waals surface area contributed by atoms with Crippen LogP contribution in [-0.2, 0) is 24.6 Å². The van der Waals surface area contributed by atoms with E-state index in [1.54, 1.807) is 35.8 Å². The number of anilines is 1. The number of benzene rings is 1. The molecular weight excluding hydrogens is 465 g/mol. The van der Waals surface area contributed by atoms with Gasteiger partial charge < -0.3 is 4.90 Å². The van der Waals surface area contributed by atoms with Gasteiger partial charge in [0.15, 0.2) is 5.11 Å². The standard InChI is InChI=1S/C23H19F3N6OS/c1-22(2)20(33)32(17-6-5-15(9-27)18(8-17)23(24,25)26)21(34)31(22)12-14-4-7-19(28-10-14)16-11-29-30(3)13-16/h4-8,10-11,13H,12H2,1-3H3. The molecule has 7 nitrogen and oxygen atoms in total. The number of thiocarbonyl (C=S) groups is 1. The topological polar surface area (TPSA) is 78.0 Å². The van der Waals surface area contributed by atoms with Gasteiger partial charge in [0.2, 0.25) is 0 Å². The second kappa shape index (κ2) is 8.22. The van der Waals surface area contributed by atoms with Crippen molar-refractivity contribution >= 4 is 28.9 Å². The van der Waals surface area contributed by atoms with Crippen LogP contribution in [0.25, 0.3) is 11.3 Å². The van der Waals surface area contributed by atoms with E-state index in [1.165, 1.54) is 12.1 Å². The number of aromatic nitrogens is 3. The van der Waals surface area contributed by atoms with Gasteiger partial charge in [0.1, 0.15) is 5.54 Å². The van der Waals surface area contributed by atoms with Gasteiger partial charge >= 0.3 is 6.18 Å². The fourth-order valence-corrected chi connectivity index (χ4v) is 4.24. The van der Waals surface area contributed by atoms with E-state index < -0.39 is 28.7 Å². The summed E-state index contributed by atoms with van der Waals surface area (Å²) >= 11 is 5.53. The monoisotopic (exact) mass is 484 g/mol. The van der Waals surface area contributed by atoms with Gasteiger partial charge in [-0.3, -0.25) is 19.4 Å². The number of hydrogen-bond donors (Lipinski definition) is 0. The summed E-state index contributed by atoms with van der Waals surface area (Å²) in [7, 11) is 1.81. The highest BCUT2D eigenvalue weighted by Gasteiger charge is 2.49. The first-order valence-corrected chi connectivity index (χ1v) is 10.6. The Hall–Kier alpha value is -3.78. The van der Waals surface area contributed by atoms with Gasteiger partial charge in [-0.1, -0.05) is 6.07 Å². The van der Waals surface area contributed by atoms with E-state index in [2.05, 4.69) is 10.1 Å². The summed E-state index contributed by atoms with van der Waals surface area (Å²) in [5.74, 6) is -0.463. The first-order chi connectivity index (χ1) is 15.9. The number of hydrogen-bond acceptors (Lipinski definition) is 5. The molecule has 0 bridgehead atoms. The maximum Gasteiger partial charge on any atom is 0.417 e. The number of amides is 1. The molecule has 1 aliphatic heterocycles. The molecule has 174 valence electrons. The number of rotatable bonds is 4. The van der Waals surface area contributed by atoms with Crippen LogP contribution in [0.2, 0.25) is 0 Å². The van der Waals surface area contributed by atoms with Crippen molar-refractivity contribution in [1.29, 1.82) is 5.26 Å². The number of alkyl halides is 3. The van der Waals surface area contributed by atoms with Gasteiger partial charge in [-0.2, -0.15) is 23.5 Å². The first kappa shape index (κ1) is 23.4. The van der Waals surface area contributed by atoms with Crippen LogP contribution in [0.4, 0.5) is 18.9 Å². The van der Waals surface area contributed by atoms with E-state index in [4.69, 9.17) is 17.5 Å². The molecule has 4 rings (SSSR count). The van der Waals surface area contributed by atoms with E-state index in [1.807, 2.05) is 25.4 Å². The highest BCUT2D eigenvalue weighted by Crippen LogP contribution is 2.38. The van der Waals surface area contributed by atoms with Crippen molar-refractivity contribution in [3.63, 3.8) is 0 Å². The number of nitrogens with zero attached hydrogens (tertiary/aromatic N) is 6. The third-order valence-electron chi connectivity index (χ3n) is 5.68. The molecule has 1 amide bonds. The van der Waals surface area contributed by atoms with Gasteiger partial charge in [0, 0.05) is 31.5 Å². The highest BCUT2D eigenvalue weighted by atomic mass is 32.1. The highest BCUT2D eigenvalue weighted by molar-refractivity contribution is 7.80. The van der Waals surface area contributed by atoms with Crippen LogP contribution in [0.15, 0.2) is 48.9 Å². The molecule has 0 N–H and O–H groups in total. The molecule has 2 aromatic heterocycles. The zero-order valence-electron chi connectivity index (χ0n) is 18.5. The Morgan fingerprint density at radius 2 is 1.91 bits per heavy atom. The van der Waals surface area contributed by atoms with Crippen LogP contribution in [0.5, 0.6) is 0 Å². The molecule has 0 unspecified atom stereocenters. The minimum Gasteiger partial charge on any atom is -0.330 e. The molecule has 0 saturated carbocycles. The third kappa shape index (κ3) is 4.01. The Morgan fingerprint density at radius 1 is 1.18 bits per heavy atom. The number of nitriles is 1. The fraction of sp³-hybridized carbons (Fsp3) is 0.261. The van der Waals surface area contributed by atoms with Crippen LogP contribution in [0.1, 0.15) is 30.5 Å². The number of pyridine rings is 1. The van der Waals surface area contributed by atoms with Crippen molar-refractivity contribution in [1.82, 2.24) is 19.7 Å². The van der Waals surface area contributed by atoms with Gasteiger partial charge in [-0.15, -0.1) is 0 Å². The zero-order valence-corrected chi connectivity index (χ0v) is 19.3. The van der Waals surface area contributed by atoms with E-state index in [-0.39, 0.29) is 17.3 Å². The number of carbonyl (C=O) groups excluding carboxylic acids is 1. The lowest BCUT2D eigenvalue weighted by molar-refractivity contribution is -0.137. The van der Waals surface area contributed by atoms with Gasteiger partial charge in [0.05, 0.1) is 34.8 Å². The lowest BCUT2D eigenvalue weighted by Gasteiger charge is -2.29. The smallest absolute Gasteiger partial charge is 0.330 e. The second-order valence-electron chi connectivity index (χ2n) is 8.36. The molecule has 0 spiro atoms. The third-order valence-corrected chi connectivity index (χ3v) is 6.08. The molecule has 1 aromatic carbocycles. The minimum absolute atomic E-state index is 0.0399. The van der Waals surface area contributed by atoms with Gasteiger partial charge in [0.25, 0.3) is 5.91 Å². The Morgan fingerprint density at radius 3 is 2.47 bits per heavy atom. The number of aryl methyl sites for hydroxylation is 1. The normalized spacial score (nSPS) is 15.7. The van der Waals surface area contributed by atoms with Crippen molar-refractivity contribution in [3.05, 3.63) is 65.6 Å². The predicted octanol–water partition coefficient (Wildman–Crippen LogP) is 4.28. The average molecular weight is 485 g/mol. The summed E-state index contributed by atoms with van der Waals surface area (Å²) < 4.78 is 42.0. The van der Waals surface area contributed by atoms with Crippen LogP contribution in [0, 0.1) is 11.3 Å². The molecule has 3 heterocycles. The minimum atomic E-state index is -4.75. The lowest BCUT2D eigenvalue weighted by Crippen LogP contribution is -2.43. The summed E-state index contributed by atoms with van der Waals surface area (Å²) in [5.41, 5.74) is -0.427. The maximum atomic E-state index is 13.5. The quantitative estimate of drug-likeness (QED) is 0.515. The van der Waals surface area contributed by atoms with Crippen molar-refractivity contribution < 1.29 is 18.0 Å². The summed E-state index contributed by atoms with van der Waals surface area (Å²) in [5, 5.41) is 13.2. The molecule has 1 fully saturated rings. The Balaban J connectivity index is 1.63. The summed E-state index contributed by atoms with van der Waals surface area (Å²) in [6.45, 7) is 3.55. The van der Waals surface area contributed by atoms with Crippen LogP contribution in [0.3, 0.4) is 0 Å². The summed E-state index contributed by atoms with van der Waals surface area (Å²) in [6, 6.07) is 8.34. The summed E-state index contributed by atoms with van der Waals surface area (Å²) in [4.78, 5) is 20.4. The Labute approximate surface area is 199 Å². The molecular formula is C23H19F3N6OS. The molecule has 11 heteroatoms. The second-order valence-corrected chi connectivity index (χ2v) is 8.73. The predicted molar refractivity (Wildman–Crippen MR) is 122 cm³/mol. The SMILES string of the molecule is Cn1cc(-c2ccc(CN3C(=S)N(c4ccc(C#N)c(C(F)(F)F)c4)C(=O)C3(C)C)cn2)cn1. The average Bonchev–Trinajstić information content (AvgIpc) is 3.29. The van der Waals surface area contributed by atoms with E-state index in [0.29, 0.717) is 0 Å².